The zero-order valence-corrected chi connectivity index (χ0v) is 5.58. The zero-order chi connectivity index (χ0) is 7.40. The lowest BCUT2D eigenvalue weighted by Crippen LogP contribution is -2.10. The summed E-state index contributed by atoms with van der Waals surface area (Å²) in [5.41, 5.74) is 0. The highest BCUT2D eigenvalue weighted by molar-refractivity contribution is 5.03. The van der Waals surface area contributed by atoms with Crippen LogP contribution >= 0.6 is 0 Å². The predicted molar refractivity (Wildman–Crippen MR) is 33.6 cm³/mol. The van der Waals surface area contributed by atoms with Gasteiger partial charge in [0.1, 0.15) is 5.92 Å². The minimum atomic E-state index is -0.470. The van der Waals surface area contributed by atoms with Crippen LogP contribution in [0.15, 0.2) is 0 Å². The van der Waals surface area contributed by atoms with Crippen LogP contribution in [0.5, 0.6) is 0 Å². The van der Waals surface area contributed by atoms with Gasteiger partial charge in [-0.05, 0) is 6.42 Å². The highest BCUT2D eigenvalue weighted by atomic mass is 16.5. The Morgan fingerprint density at radius 1 is 1.40 bits per heavy atom. The summed E-state index contributed by atoms with van der Waals surface area (Å²) < 4.78 is 5.04. The van der Waals surface area contributed by atoms with E-state index in [1.54, 1.807) is 0 Å². The van der Waals surface area contributed by atoms with Gasteiger partial charge in [-0.25, -0.2) is 0 Å². The summed E-state index contributed by atoms with van der Waals surface area (Å²) in [6.07, 6.45) is 0.853. The Balaban J connectivity index is 2.48. The Hall–Kier alpha value is -1.06. The topological polar surface area (TPSA) is 56.8 Å². The number of nitrogens with zero attached hydrogens (tertiary/aromatic N) is 2. The first kappa shape index (κ1) is 7.05. The predicted octanol–water partition coefficient (Wildman–Crippen LogP) is 0.686. The molecule has 1 atom stereocenters. The largest absolute Gasteiger partial charge is 0.381 e. The van der Waals surface area contributed by atoms with Crippen molar-refractivity contribution in [2.45, 2.75) is 6.42 Å². The van der Waals surface area contributed by atoms with Crippen LogP contribution in [-0.2, 0) is 4.74 Å². The molecule has 3 nitrogen and oxygen atoms in total. The van der Waals surface area contributed by atoms with Crippen LogP contribution in [0, 0.1) is 34.5 Å². The summed E-state index contributed by atoms with van der Waals surface area (Å²) in [6.45, 7) is 1.27. The first-order chi connectivity index (χ1) is 4.88. The second-order valence-electron chi connectivity index (χ2n) is 2.36. The van der Waals surface area contributed by atoms with Gasteiger partial charge in [-0.3, -0.25) is 0 Å². The minimum absolute atomic E-state index is 0.148. The van der Waals surface area contributed by atoms with Gasteiger partial charge in [0.2, 0.25) is 0 Å². The van der Waals surface area contributed by atoms with Gasteiger partial charge in [-0.2, -0.15) is 10.5 Å². The van der Waals surface area contributed by atoms with Crippen molar-refractivity contribution in [3.05, 3.63) is 0 Å². The molecule has 10 heavy (non-hydrogen) atoms. The van der Waals surface area contributed by atoms with E-state index < -0.39 is 5.92 Å². The maximum Gasteiger partial charge on any atom is 0.138 e. The first-order valence-corrected chi connectivity index (χ1v) is 3.25. The summed E-state index contributed by atoms with van der Waals surface area (Å²) in [6, 6.07) is 3.91. The van der Waals surface area contributed by atoms with Crippen LogP contribution in [0.1, 0.15) is 6.42 Å². The molecule has 1 aliphatic heterocycles. The molecular weight excluding hydrogens is 128 g/mol. The number of rotatable bonds is 1. The summed E-state index contributed by atoms with van der Waals surface area (Å²) in [4.78, 5) is 0. The molecule has 0 N–H and O–H groups in total. The fraction of sp³-hybridized carbons (Fsp3) is 0.714. The van der Waals surface area contributed by atoms with Crippen LogP contribution in [0.2, 0.25) is 0 Å². The van der Waals surface area contributed by atoms with Crippen molar-refractivity contribution in [2.75, 3.05) is 13.2 Å². The van der Waals surface area contributed by atoms with Gasteiger partial charge in [0.05, 0.1) is 18.7 Å². The highest BCUT2D eigenvalue weighted by Crippen LogP contribution is 2.20. The second kappa shape index (κ2) is 3.20. The molecule has 1 heterocycles. The van der Waals surface area contributed by atoms with E-state index in [1.807, 2.05) is 12.1 Å². The van der Waals surface area contributed by atoms with E-state index in [-0.39, 0.29) is 5.92 Å². The molecule has 0 aromatic rings. The number of nitriles is 2. The zero-order valence-electron chi connectivity index (χ0n) is 5.58. The van der Waals surface area contributed by atoms with E-state index >= 15 is 0 Å². The van der Waals surface area contributed by atoms with Gasteiger partial charge in [-0.1, -0.05) is 0 Å². The monoisotopic (exact) mass is 136 g/mol. The van der Waals surface area contributed by atoms with Gasteiger partial charge >= 0.3 is 0 Å². The van der Waals surface area contributed by atoms with Crippen molar-refractivity contribution in [3.8, 4) is 12.1 Å². The molecule has 0 aromatic carbocycles. The normalized spacial score (nSPS) is 24.1. The number of hydrogen-bond donors (Lipinski definition) is 0. The summed E-state index contributed by atoms with van der Waals surface area (Å²) in [5, 5.41) is 16.9. The molecular formula is C7H8N2O. The van der Waals surface area contributed by atoms with Crippen molar-refractivity contribution in [1.82, 2.24) is 0 Å². The van der Waals surface area contributed by atoms with Crippen molar-refractivity contribution in [3.63, 3.8) is 0 Å². The van der Waals surface area contributed by atoms with Crippen molar-refractivity contribution >= 4 is 0 Å². The third kappa shape index (κ3) is 1.26. The highest BCUT2D eigenvalue weighted by Gasteiger charge is 2.24. The van der Waals surface area contributed by atoms with Crippen LogP contribution in [0.25, 0.3) is 0 Å². The Morgan fingerprint density at radius 2 is 2.10 bits per heavy atom. The van der Waals surface area contributed by atoms with Crippen molar-refractivity contribution < 1.29 is 4.74 Å². The van der Waals surface area contributed by atoms with E-state index in [1.165, 1.54) is 0 Å². The van der Waals surface area contributed by atoms with Crippen LogP contribution in [0.3, 0.4) is 0 Å². The molecule has 3 heteroatoms. The molecule has 0 saturated carbocycles. The Labute approximate surface area is 59.8 Å². The van der Waals surface area contributed by atoms with Gasteiger partial charge in [0.15, 0.2) is 0 Å². The van der Waals surface area contributed by atoms with Gasteiger partial charge in [-0.15, -0.1) is 0 Å². The van der Waals surface area contributed by atoms with Crippen LogP contribution in [0.4, 0.5) is 0 Å². The average molecular weight is 136 g/mol. The molecule has 1 aliphatic rings. The first-order valence-electron chi connectivity index (χ1n) is 3.25. The second-order valence-corrected chi connectivity index (χ2v) is 2.36. The number of ether oxygens (including phenoxy) is 1. The average Bonchev–Trinajstić information content (AvgIpc) is 2.43. The molecule has 1 unspecified atom stereocenters. The molecule has 1 rings (SSSR count). The maximum absolute atomic E-state index is 8.46. The quantitative estimate of drug-likeness (QED) is 0.532. The van der Waals surface area contributed by atoms with E-state index in [0.717, 1.165) is 6.42 Å². The molecule has 0 aromatic heterocycles. The molecule has 52 valence electrons. The minimum Gasteiger partial charge on any atom is -0.381 e. The van der Waals surface area contributed by atoms with E-state index in [2.05, 4.69) is 0 Å². The van der Waals surface area contributed by atoms with Gasteiger partial charge < -0.3 is 4.74 Å². The Bertz CT molecular complexity index is 169. The van der Waals surface area contributed by atoms with Crippen LogP contribution in [-0.4, -0.2) is 13.2 Å². The smallest absolute Gasteiger partial charge is 0.138 e. The van der Waals surface area contributed by atoms with Crippen LogP contribution < -0.4 is 0 Å². The third-order valence-electron chi connectivity index (χ3n) is 1.71. The molecule has 1 saturated heterocycles. The van der Waals surface area contributed by atoms with E-state index in [0.29, 0.717) is 13.2 Å². The molecule has 0 amide bonds. The molecule has 0 spiro atoms. The lowest BCUT2D eigenvalue weighted by atomic mass is 9.95. The van der Waals surface area contributed by atoms with E-state index in [4.69, 9.17) is 15.3 Å². The number of hydrogen-bond acceptors (Lipinski definition) is 3. The molecule has 0 radical (unpaired) electrons. The van der Waals surface area contributed by atoms with Gasteiger partial charge in [0, 0.05) is 12.5 Å². The summed E-state index contributed by atoms with van der Waals surface area (Å²) in [5.74, 6) is -0.322. The standard InChI is InChI=1S/C7H8N2O/c8-3-7(4-9)6-1-2-10-5-6/h6-7H,1-2,5H2. The fourth-order valence-electron chi connectivity index (χ4n) is 1.06. The summed E-state index contributed by atoms with van der Waals surface area (Å²) >= 11 is 0. The van der Waals surface area contributed by atoms with Crippen molar-refractivity contribution in [2.24, 2.45) is 11.8 Å². The lowest BCUT2D eigenvalue weighted by molar-refractivity contribution is 0.182. The maximum atomic E-state index is 8.46. The lowest BCUT2D eigenvalue weighted by Gasteiger charge is -2.04. The Morgan fingerprint density at radius 3 is 2.50 bits per heavy atom. The third-order valence-corrected chi connectivity index (χ3v) is 1.71. The molecule has 1 fully saturated rings. The van der Waals surface area contributed by atoms with Crippen molar-refractivity contribution in [1.29, 1.82) is 10.5 Å². The van der Waals surface area contributed by atoms with Gasteiger partial charge in [0.25, 0.3) is 0 Å². The summed E-state index contributed by atoms with van der Waals surface area (Å²) in [7, 11) is 0. The SMILES string of the molecule is N#CC(C#N)C1CCOC1. The Kier molecular flexibility index (Phi) is 2.25. The molecule has 0 aliphatic carbocycles. The fourth-order valence-corrected chi connectivity index (χ4v) is 1.06. The molecule has 0 bridgehead atoms. The van der Waals surface area contributed by atoms with E-state index in [9.17, 15) is 0 Å².